The summed E-state index contributed by atoms with van der Waals surface area (Å²) in [5, 5.41) is 0.442. The number of amides is 1. The van der Waals surface area contributed by atoms with Crippen molar-refractivity contribution in [2.45, 2.75) is 23.2 Å². The summed E-state index contributed by atoms with van der Waals surface area (Å²) in [6, 6.07) is 12.5. The normalized spacial score (nSPS) is 15.9. The number of para-hydroxylation sites is 1. The quantitative estimate of drug-likeness (QED) is 0.477. The van der Waals surface area contributed by atoms with Crippen LogP contribution in [-0.4, -0.2) is 56.8 Å². The average Bonchev–Trinajstić information content (AvgIpc) is 3.22. The van der Waals surface area contributed by atoms with E-state index < -0.39 is 54.6 Å². The smallest absolute Gasteiger partial charge is 0.337 e. The Morgan fingerprint density at radius 2 is 1.58 bits per heavy atom. The van der Waals surface area contributed by atoms with Gasteiger partial charge in [-0.2, -0.15) is 13.2 Å². The van der Waals surface area contributed by atoms with Crippen molar-refractivity contribution in [3.05, 3.63) is 66.1 Å². The van der Waals surface area contributed by atoms with Crippen LogP contribution in [0.15, 0.2) is 59.5 Å². The van der Waals surface area contributed by atoms with Crippen LogP contribution in [0, 0.1) is 11.7 Å². The maximum Gasteiger partial charge on any atom is 0.511 e. The zero-order valence-corrected chi connectivity index (χ0v) is 20.2. The lowest BCUT2D eigenvalue weighted by molar-refractivity contribution is -0.0449. The first-order chi connectivity index (χ1) is 16.8. The Kier molecular flexibility index (Phi) is 6.88. The first-order valence-corrected chi connectivity index (χ1v) is 13.7. The molecule has 2 aromatic carbocycles. The Bertz CT molecular complexity index is 1510. The molecule has 1 saturated heterocycles. The highest BCUT2D eigenvalue weighted by atomic mass is 32.2. The van der Waals surface area contributed by atoms with Gasteiger partial charge in [0.05, 0.1) is 5.52 Å². The van der Waals surface area contributed by atoms with Gasteiger partial charge in [0.1, 0.15) is 16.4 Å². The predicted molar refractivity (Wildman–Crippen MR) is 123 cm³/mol. The van der Waals surface area contributed by atoms with Crippen LogP contribution >= 0.6 is 0 Å². The Morgan fingerprint density at radius 1 is 0.972 bits per heavy atom. The number of likely N-dealkylation sites (tertiary alicyclic amines) is 1. The summed E-state index contributed by atoms with van der Waals surface area (Å²) >= 11 is 0. The molecule has 36 heavy (non-hydrogen) atoms. The van der Waals surface area contributed by atoms with Gasteiger partial charge in [-0.05, 0) is 43.0 Å². The van der Waals surface area contributed by atoms with Gasteiger partial charge < -0.3 is 4.90 Å². The Hall–Kier alpha value is -2.97. The number of hydrogen-bond donors (Lipinski definition) is 1. The number of halogens is 4. The second kappa shape index (κ2) is 9.48. The minimum atomic E-state index is -5.47. The SMILES string of the molecule is O=C(c1cc2ccccc2n1S(=O)(=O)c1ccccc1F)N1CCC(CNS(=O)(=O)C(F)(F)F)CC1. The van der Waals surface area contributed by atoms with E-state index in [9.17, 15) is 39.2 Å². The molecule has 3 aromatic rings. The molecule has 14 heteroatoms. The molecule has 8 nitrogen and oxygen atoms in total. The van der Waals surface area contributed by atoms with Gasteiger partial charge in [0.15, 0.2) is 0 Å². The molecule has 1 aromatic heterocycles. The fourth-order valence-electron chi connectivity index (χ4n) is 4.10. The summed E-state index contributed by atoms with van der Waals surface area (Å²) in [5.41, 5.74) is -5.45. The second-order valence-electron chi connectivity index (χ2n) is 8.32. The van der Waals surface area contributed by atoms with Crippen LogP contribution in [0.25, 0.3) is 10.9 Å². The number of benzene rings is 2. The summed E-state index contributed by atoms with van der Waals surface area (Å²) in [5.74, 6) is -2.07. The largest absolute Gasteiger partial charge is 0.511 e. The van der Waals surface area contributed by atoms with Crippen molar-refractivity contribution < 1.29 is 39.2 Å². The summed E-state index contributed by atoms with van der Waals surface area (Å²) in [6.07, 6.45) is 0.402. The topological polar surface area (TPSA) is 106 Å². The number of carbonyl (C=O) groups is 1. The monoisotopic (exact) mass is 547 g/mol. The lowest BCUT2D eigenvalue weighted by atomic mass is 9.97. The van der Waals surface area contributed by atoms with E-state index in [0.717, 1.165) is 16.1 Å². The third kappa shape index (κ3) is 4.84. The predicted octanol–water partition coefficient (Wildman–Crippen LogP) is 3.31. The zero-order chi connectivity index (χ0) is 26.3. The molecule has 0 atom stereocenters. The van der Waals surface area contributed by atoms with Gasteiger partial charge in [-0.15, -0.1) is 0 Å². The highest BCUT2D eigenvalue weighted by Crippen LogP contribution is 2.29. The van der Waals surface area contributed by atoms with Crippen LogP contribution < -0.4 is 4.72 Å². The Morgan fingerprint density at radius 3 is 2.22 bits per heavy atom. The fraction of sp³-hybridized carbons (Fsp3) is 0.318. The van der Waals surface area contributed by atoms with Crippen LogP contribution in [-0.2, 0) is 20.0 Å². The van der Waals surface area contributed by atoms with E-state index in [-0.39, 0.29) is 37.1 Å². The molecular weight excluding hydrogens is 526 g/mol. The van der Waals surface area contributed by atoms with E-state index >= 15 is 0 Å². The van der Waals surface area contributed by atoms with Crippen molar-refractivity contribution in [1.29, 1.82) is 0 Å². The van der Waals surface area contributed by atoms with Gasteiger partial charge >= 0.3 is 15.5 Å². The van der Waals surface area contributed by atoms with Gasteiger partial charge in [-0.3, -0.25) is 4.79 Å². The molecule has 0 saturated carbocycles. The number of nitrogens with zero attached hydrogens (tertiary/aromatic N) is 2. The van der Waals surface area contributed by atoms with Crippen LogP contribution in [0.2, 0.25) is 0 Å². The molecule has 4 rings (SSSR count). The van der Waals surface area contributed by atoms with Crippen molar-refractivity contribution in [3.63, 3.8) is 0 Å². The lowest BCUT2D eigenvalue weighted by Crippen LogP contribution is -2.44. The van der Waals surface area contributed by atoms with E-state index in [1.54, 1.807) is 18.2 Å². The van der Waals surface area contributed by atoms with Crippen molar-refractivity contribution in [1.82, 2.24) is 13.6 Å². The van der Waals surface area contributed by atoms with Gasteiger partial charge in [0.25, 0.3) is 15.9 Å². The number of rotatable bonds is 6. The molecule has 0 spiro atoms. The number of hydrogen-bond acceptors (Lipinski definition) is 5. The number of piperidine rings is 1. The number of alkyl halides is 3. The van der Waals surface area contributed by atoms with Crippen molar-refractivity contribution >= 4 is 36.9 Å². The van der Waals surface area contributed by atoms with Gasteiger partial charge in [0.2, 0.25) is 0 Å². The molecule has 1 aliphatic heterocycles. The molecule has 0 radical (unpaired) electrons. The fourth-order valence-corrected chi connectivity index (χ4v) is 6.30. The molecule has 0 aliphatic carbocycles. The zero-order valence-electron chi connectivity index (χ0n) is 18.6. The maximum atomic E-state index is 14.4. The number of sulfonamides is 1. The van der Waals surface area contributed by atoms with Crippen LogP contribution in [0.5, 0.6) is 0 Å². The van der Waals surface area contributed by atoms with E-state index in [1.807, 2.05) is 0 Å². The first kappa shape index (κ1) is 26.1. The third-order valence-corrected chi connectivity index (χ3v) is 8.93. The highest BCUT2D eigenvalue weighted by Gasteiger charge is 2.45. The average molecular weight is 548 g/mol. The molecule has 1 aliphatic rings. The van der Waals surface area contributed by atoms with Crippen molar-refractivity contribution in [3.8, 4) is 0 Å². The molecule has 1 N–H and O–H groups in total. The summed E-state index contributed by atoms with van der Waals surface area (Å²) in [4.78, 5) is 14.1. The molecule has 1 fully saturated rings. The molecule has 1 amide bonds. The van der Waals surface area contributed by atoms with Crippen LogP contribution in [0.1, 0.15) is 23.3 Å². The second-order valence-corrected chi connectivity index (χ2v) is 11.8. The summed E-state index contributed by atoms with van der Waals surface area (Å²) < 4.78 is 104. The molecule has 2 heterocycles. The summed E-state index contributed by atoms with van der Waals surface area (Å²) in [7, 11) is -9.97. The Balaban J connectivity index is 1.59. The van der Waals surface area contributed by atoms with E-state index in [1.165, 1.54) is 33.9 Å². The number of carbonyl (C=O) groups excluding carboxylic acids is 1. The standard InChI is InChI=1S/C22H21F4N3O5S2/c23-17-6-2-4-8-20(17)35(31,32)29-18-7-3-1-5-16(18)13-19(29)21(30)28-11-9-15(10-12-28)14-27-36(33,34)22(24,25)26/h1-8,13,15,27H,9-12,14H2. The highest BCUT2D eigenvalue weighted by molar-refractivity contribution is 7.90. The maximum absolute atomic E-state index is 14.4. The van der Waals surface area contributed by atoms with Crippen molar-refractivity contribution in [2.24, 2.45) is 5.92 Å². The van der Waals surface area contributed by atoms with Crippen LogP contribution in [0.3, 0.4) is 0 Å². The minimum absolute atomic E-state index is 0.0680. The van der Waals surface area contributed by atoms with E-state index in [4.69, 9.17) is 0 Å². The van der Waals surface area contributed by atoms with Gasteiger partial charge in [-0.25, -0.2) is 29.9 Å². The van der Waals surface area contributed by atoms with E-state index in [0.29, 0.717) is 5.39 Å². The molecule has 194 valence electrons. The minimum Gasteiger partial charge on any atom is -0.337 e. The molecular formula is C22H21F4N3O5S2. The van der Waals surface area contributed by atoms with Gasteiger partial charge in [-0.1, -0.05) is 30.3 Å². The lowest BCUT2D eigenvalue weighted by Gasteiger charge is -2.32. The third-order valence-electron chi connectivity index (χ3n) is 6.01. The number of nitrogens with one attached hydrogen (secondary N) is 1. The van der Waals surface area contributed by atoms with E-state index in [2.05, 4.69) is 0 Å². The van der Waals surface area contributed by atoms with Gasteiger partial charge in [0, 0.05) is 25.0 Å². The number of aromatic nitrogens is 1. The number of fused-ring (bicyclic) bond motifs is 1. The molecule has 0 unspecified atom stereocenters. The molecule has 0 bridgehead atoms. The Labute approximate surface area is 204 Å². The van der Waals surface area contributed by atoms with Crippen molar-refractivity contribution in [2.75, 3.05) is 19.6 Å². The van der Waals surface area contributed by atoms with Crippen LogP contribution in [0.4, 0.5) is 17.6 Å². The summed E-state index contributed by atoms with van der Waals surface area (Å²) in [6.45, 7) is -0.303. The first-order valence-electron chi connectivity index (χ1n) is 10.8.